The molecule has 2 aromatic rings. The van der Waals surface area contributed by atoms with Crippen molar-refractivity contribution in [3.8, 4) is 0 Å². The number of aromatic amines is 1. The second kappa shape index (κ2) is 5.69. The molecule has 1 aliphatic rings. The zero-order valence-corrected chi connectivity index (χ0v) is 12.4. The van der Waals surface area contributed by atoms with E-state index in [1.807, 2.05) is 44.4 Å². The standard InChI is InChI=1S/C16H20N4O/c1-20(2)10-12-5-3-4-6-13(12)17-16(21)15-9-14(18-19-15)11-7-8-11/h3-6,9,11H,7-8,10H2,1-2H3,(H,17,21)(H,18,19). The summed E-state index contributed by atoms with van der Waals surface area (Å²) in [4.78, 5) is 14.4. The first-order chi connectivity index (χ1) is 10.1. The largest absolute Gasteiger partial charge is 0.320 e. The highest BCUT2D eigenvalue weighted by Gasteiger charge is 2.26. The Morgan fingerprint density at radius 1 is 1.38 bits per heavy atom. The van der Waals surface area contributed by atoms with Gasteiger partial charge in [0, 0.05) is 23.8 Å². The van der Waals surface area contributed by atoms with Gasteiger partial charge in [0.05, 0.1) is 0 Å². The molecule has 0 unspecified atom stereocenters. The summed E-state index contributed by atoms with van der Waals surface area (Å²) in [5.74, 6) is 0.407. The molecule has 1 aromatic carbocycles. The number of rotatable bonds is 5. The van der Waals surface area contributed by atoms with Gasteiger partial charge in [-0.2, -0.15) is 5.10 Å². The van der Waals surface area contributed by atoms with Crippen LogP contribution in [0.1, 0.15) is 40.5 Å². The predicted molar refractivity (Wildman–Crippen MR) is 82.3 cm³/mol. The van der Waals surface area contributed by atoms with Crippen LogP contribution in [0, 0.1) is 0 Å². The molecule has 0 saturated heterocycles. The Labute approximate surface area is 124 Å². The number of H-pyrrole nitrogens is 1. The lowest BCUT2D eigenvalue weighted by molar-refractivity contribution is 0.102. The molecule has 1 heterocycles. The first-order valence-electron chi connectivity index (χ1n) is 7.23. The molecular weight excluding hydrogens is 264 g/mol. The normalized spacial score (nSPS) is 14.4. The van der Waals surface area contributed by atoms with Gasteiger partial charge < -0.3 is 10.2 Å². The molecule has 0 bridgehead atoms. The van der Waals surface area contributed by atoms with Crippen molar-refractivity contribution in [3.05, 3.63) is 47.3 Å². The zero-order valence-electron chi connectivity index (χ0n) is 12.4. The number of para-hydroxylation sites is 1. The number of carbonyl (C=O) groups excluding carboxylic acids is 1. The number of hydrogen-bond donors (Lipinski definition) is 2. The lowest BCUT2D eigenvalue weighted by Crippen LogP contribution is -2.17. The lowest BCUT2D eigenvalue weighted by Gasteiger charge is -2.14. The van der Waals surface area contributed by atoms with Gasteiger partial charge in [-0.3, -0.25) is 9.89 Å². The van der Waals surface area contributed by atoms with Crippen molar-refractivity contribution in [1.29, 1.82) is 0 Å². The fraction of sp³-hybridized carbons (Fsp3) is 0.375. The summed E-state index contributed by atoms with van der Waals surface area (Å²) in [6.45, 7) is 0.782. The Bertz CT molecular complexity index is 643. The third kappa shape index (κ3) is 3.31. The number of aromatic nitrogens is 2. The average molecular weight is 284 g/mol. The van der Waals surface area contributed by atoms with Crippen molar-refractivity contribution in [2.75, 3.05) is 19.4 Å². The van der Waals surface area contributed by atoms with Gasteiger partial charge >= 0.3 is 0 Å². The second-order valence-electron chi connectivity index (χ2n) is 5.83. The molecule has 21 heavy (non-hydrogen) atoms. The number of carbonyl (C=O) groups is 1. The van der Waals surface area contributed by atoms with E-state index in [9.17, 15) is 4.79 Å². The van der Waals surface area contributed by atoms with Crippen LogP contribution in [0.15, 0.2) is 30.3 Å². The molecule has 110 valence electrons. The van der Waals surface area contributed by atoms with E-state index in [0.717, 1.165) is 23.5 Å². The summed E-state index contributed by atoms with van der Waals surface area (Å²) >= 11 is 0. The lowest BCUT2D eigenvalue weighted by atomic mass is 10.1. The maximum Gasteiger partial charge on any atom is 0.276 e. The fourth-order valence-corrected chi connectivity index (χ4v) is 2.36. The van der Waals surface area contributed by atoms with Gasteiger partial charge in [0.25, 0.3) is 5.91 Å². The van der Waals surface area contributed by atoms with Gasteiger partial charge in [-0.25, -0.2) is 0 Å². The van der Waals surface area contributed by atoms with E-state index < -0.39 is 0 Å². The molecule has 1 aliphatic carbocycles. The van der Waals surface area contributed by atoms with Crippen LogP contribution in [-0.2, 0) is 6.54 Å². The number of anilines is 1. The summed E-state index contributed by atoms with van der Waals surface area (Å²) in [7, 11) is 4.02. The van der Waals surface area contributed by atoms with Crippen LogP contribution in [0.4, 0.5) is 5.69 Å². The van der Waals surface area contributed by atoms with Crippen LogP contribution in [0.3, 0.4) is 0 Å². The molecule has 3 rings (SSSR count). The second-order valence-corrected chi connectivity index (χ2v) is 5.83. The van der Waals surface area contributed by atoms with Crippen LogP contribution in [0.25, 0.3) is 0 Å². The van der Waals surface area contributed by atoms with Crippen LogP contribution in [0.2, 0.25) is 0 Å². The quantitative estimate of drug-likeness (QED) is 0.887. The fourth-order valence-electron chi connectivity index (χ4n) is 2.36. The third-order valence-corrected chi connectivity index (χ3v) is 3.60. The van der Waals surface area contributed by atoms with Crippen molar-refractivity contribution in [2.24, 2.45) is 0 Å². The van der Waals surface area contributed by atoms with Crippen LogP contribution in [0.5, 0.6) is 0 Å². The van der Waals surface area contributed by atoms with Crippen molar-refractivity contribution >= 4 is 11.6 Å². The highest BCUT2D eigenvalue weighted by molar-refractivity contribution is 6.03. The highest BCUT2D eigenvalue weighted by Crippen LogP contribution is 2.39. The Morgan fingerprint density at radius 2 is 2.14 bits per heavy atom. The summed E-state index contributed by atoms with van der Waals surface area (Å²) in [5, 5.41) is 10.0. The topological polar surface area (TPSA) is 61.0 Å². The third-order valence-electron chi connectivity index (χ3n) is 3.60. The van der Waals surface area contributed by atoms with E-state index >= 15 is 0 Å². The maximum absolute atomic E-state index is 12.3. The molecule has 0 atom stereocenters. The number of hydrogen-bond acceptors (Lipinski definition) is 3. The minimum absolute atomic E-state index is 0.163. The monoisotopic (exact) mass is 284 g/mol. The molecule has 0 aliphatic heterocycles. The van der Waals surface area contributed by atoms with Crippen molar-refractivity contribution in [2.45, 2.75) is 25.3 Å². The number of amides is 1. The minimum Gasteiger partial charge on any atom is -0.320 e. The highest BCUT2D eigenvalue weighted by atomic mass is 16.1. The van der Waals surface area contributed by atoms with Gasteiger partial charge in [-0.05, 0) is 44.6 Å². The zero-order chi connectivity index (χ0) is 14.8. The SMILES string of the molecule is CN(C)Cc1ccccc1NC(=O)c1cc(C2CC2)[nH]n1. The molecule has 1 saturated carbocycles. The van der Waals surface area contributed by atoms with Crippen LogP contribution >= 0.6 is 0 Å². The number of nitrogens with zero attached hydrogens (tertiary/aromatic N) is 2. The van der Waals surface area contributed by atoms with Gasteiger partial charge in [0.15, 0.2) is 5.69 Å². The Balaban J connectivity index is 1.74. The Kier molecular flexibility index (Phi) is 3.75. The van der Waals surface area contributed by atoms with Crippen LogP contribution in [-0.4, -0.2) is 35.1 Å². The molecule has 5 nitrogen and oxygen atoms in total. The Hall–Kier alpha value is -2.14. The van der Waals surface area contributed by atoms with Gasteiger partial charge in [0.1, 0.15) is 0 Å². The van der Waals surface area contributed by atoms with Crippen molar-refractivity contribution < 1.29 is 4.79 Å². The molecular formula is C16H20N4O. The first-order valence-corrected chi connectivity index (χ1v) is 7.23. The maximum atomic E-state index is 12.3. The number of benzene rings is 1. The molecule has 0 radical (unpaired) electrons. The first kappa shape index (κ1) is 13.8. The molecule has 5 heteroatoms. The van der Waals surface area contributed by atoms with Crippen molar-refractivity contribution in [1.82, 2.24) is 15.1 Å². The molecule has 1 fully saturated rings. The van der Waals surface area contributed by atoms with Crippen molar-refractivity contribution in [3.63, 3.8) is 0 Å². The molecule has 0 spiro atoms. The number of nitrogens with one attached hydrogen (secondary N) is 2. The Morgan fingerprint density at radius 3 is 2.86 bits per heavy atom. The van der Waals surface area contributed by atoms with E-state index in [1.54, 1.807) is 0 Å². The summed E-state index contributed by atoms with van der Waals surface area (Å²) < 4.78 is 0. The smallest absolute Gasteiger partial charge is 0.276 e. The van der Waals surface area contributed by atoms with Gasteiger partial charge in [-0.1, -0.05) is 18.2 Å². The summed E-state index contributed by atoms with van der Waals surface area (Å²) in [6.07, 6.45) is 2.38. The predicted octanol–water partition coefficient (Wildman–Crippen LogP) is 2.60. The van der Waals surface area contributed by atoms with E-state index in [1.165, 1.54) is 12.8 Å². The minimum atomic E-state index is -0.163. The van der Waals surface area contributed by atoms with Gasteiger partial charge in [-0.15, -0.1) is 0 Å². The van der Waals surface area contributed by atoms with E-state index in [0.29, 0.717) is 11.6 Å². The van der Waals surface area contributed by atoms with E-state index in [2.05, 4.69) is 20.4 Å². The summed E-state index contributed by atoms with van der Waals surface area (Å²) in [5.41, 5.74) is 3.46. The molecule has 1 aromatic heterocycles. The van der Waals surface area contributed by atoms with E-state index in [4.69, 9.17) is 0 Å². The van der Waals surface area contributed by atoms with Crippen LogP contribution < -0.4 is 5.32 Å². The summed E-state index contributed by atoms with van der Waals surface area (Å²) in [6, 6.07) is 9.71. The molecule has 2 N–H and O–H groups in total. The van der Waals surface area contributed by atoms with Gasteiger partial charge in [0.2, 0.25) is 0 Å². The molecule has 1 amide bonds. The van der Waals surface area contributed by atoms with E-state index in [-0.39, 0.29) is 5.91 Å². The average Bonchev–Trinajstić information content (AvgIpc) is 3.18.